The Labute approximate surface area is 42.1 Å². The molecule has 0 amide bonds. The highest BCUT2D eigenvalue weighted by molar-refractivity contribution is 5.93. The third kappa shape index (κ3) is 2.69. The monoisotopic (exact) mass is 97.1 g/mol. The Bertz CT molecular complexity index is 104. The van der Waals surface area contributed by atoms with Gasteiger partial charge in [0.2, 0.25) is 0 Å². The van der Waals surface area contributed by atoms with Gasteiger partial charge in [-0.2, -0.15) is 0 Å². The molecule has 0 rings (SSSR count). The number of amidine groups is 1. The second kappa shape index (κ2) is 3.08. The van der Waals surface area contributed by atoms with Crippen LogP contribution >= 0.6 is 0 Å². The van der Waals surface area contributed by atoms with Gasteiger partial charge >= 0.3 is 0 Å². The lowest BCUT2D eigenvalue weighted by Crippen LogP contribution is -1.85. The van der Waals surface area contributed by atoms with Crippen molar-refractivity contribution in [2.75, 3.05) is 0 Å². The maximum Gasteiger partial charge on any atom is 0.145 e. The third-order valence-electron chi connectivity index (χ3n) is 0.424. The van der Waals surface area contributed by atoms with Gasteiger partial charge in [-0.3, -0.25) is 5.41 Å². The Morgan fingerprint density at radius 3 is 2.57 bits per heavy atom. The summed E-state index contributed by atoms with van der Waals surface area (Å²) in [7, 11) is 0. The average Bonchev–Trinajstić information content (AvgIpc) is 1.68. The van der Waals surface area contributed by atoms with E-state index in [2.05, 4.69) is 11.7 Å². The molecule has 0 aromatic carbocycles. The summed E-state index contributed by atoms with van der Waals surface area (Å²) in [4.78, 5) is 3.24. The summed E-state index contributed by atoms with van der Waals surface area (Å²) in [6.07, 6.45) is 2.60. The van der Waals surface area contributed by atoms with E-state index in [1.54, 1.807) is 0 Å². The van der Waals surface area contributed by atoms with Gasteiger partial charge in [-0.15, -0.1) is 0 Å². The van der Waals surface area contributed by atoms with Crippen LogP contribution in [0.4, 0.5) is 0 Å². The highest BCUT2D eigenvalue weighted by Gasteiger charge is 1.73. The predicted octanol–water partition coefficient (Wildman–Crippen LogP) is 0.137. The molecule has 0 unspecified atom stereocenters. The number of aliphatic imine (C=N–C) groups is 1. The number of nitrogens with one attached hydrogen (secondary N) is 1. The first-order valence-electron chi connectivity index (χ1n) is 1.75. The van der Waals surface area contributed by atoms with Crippen molar-refractivity contribution in [3.63, 3.8) is 0 Å². The second-order valence-electron chi connectivity index (χ2n) is 0.902. The summed E-state index contributed by atoms with van der Waals surface area (Å²) in [5, 5.41) is 6.74. The maximum absolute atomic E-state index is 6.74. The van der Waals surface area contributed by atoms with Gasteiger partial charge in [0.15, 0.2) is 0 Å². The van der Waals surface area contributed by atoms with Crippen LogP contribution in [0, 0.1) is 5.41 Å². The van der Waals surface area contributed by atoms with Crippen LogP contribution in [0.15, 0.2) is 17.3 Å². The van der Waals surface area contributed by atoms with E-state index in [1.165, 1.54) is 12.3 Å². The van der Waals surface area contributed by atoms with Gasteiger partial charge in [0.1, 0.15) is 5.84 Å². The summed E-state index contributed by atoms with van der Waals surface area (Å²) in [5.41, 5.74) is 4.90. The highest BCUT2D eigenvalue weighted by atomic mass is 14.8. The number of nitrogens with two attached hydrogens (primary N) is 1. The zero-order valence-electron chi connectivity index (χ0n) is 3.89. The fourth-order valence-corrected chi connectivity index (χ4v) is 0.144. The fourth-order valence-electron chi connectivity index (χ4n) is 0.144. The van der Waals surface area contributed by atoms with E-state index in [0.29, 0.717) is 0 Å². The summed E-state index contributed by atoms with van der Waals surface area (Å²) >= 11 is 0. The van der Waals surface area contributed by atoms with Crippen LogP contribution in [0.3, 0.4) is 0 Å². The van der Waals surface area contributed by atoms with Gasteiger partial charge in [0.25, 0.3) is 0 Å². The van der Waals surface area contributed by atoms with E-state index in [-0.39, 0.29) is 5.84 Å². The molecule has 0 saturated heterocycles. The SMILES string of the molecule is C=NC(=N)C=CN. The van der Waals surface area contributed by atoms with E-state index in [4.69, 9.17) is 11.1 Å². The van der Waals surface area contributed by atoms with Gasteiger partial charge in [0.05, 0.1) is 0 Å². The van der Waals surface area contributed by atoms with E-state index in [1.807, 2.05) is 0 Å². The van der Waals surface area contributed by atoms with Gasteiger partial charge < -0.3 is 5.73 Å². The molecule has 7 heavy (non-hydrogen) atoms. The molecule has 0 aliphatic rings. The van der Waals surface area contributed by atoms with Crippen molar-refractivity contribution in [2.45, 2.75) is 0 Å². The van der Waals surface area contributed by atoms with Crippen LogP contribution in [-0.4, -0.2) is 12.6 Å². The minimum absolute atomic E-state index is 0.0856. The molecule has 0 aliphatic heterocycles. The lowest BCUT2D eigenvalue weighted by atomic mass is 10.6. The number of nitrogens with zero attached hydrogens (tertiary/aromatic N) is 1. The molecule has 3 nitrogen and oxygen atoms in total. The minimum atomic E-state index is 0.0856. The van der Waals surface area contributed by atoms with E-state index < -0.39 is 0 Å². The first-order chi connectivity index (χ1) is 3.31. The van der Waals surface area contributed by atoms with Crippen LogP contribution in [0.5, 0.6) is 0 Å². The van der Waals surface area contributed by atoms with Crippen molar-refractivity contribution in [1.29, 1.82) is 5.41 Å². The molecule has 0 heterocycles. The Balaban J connectivity index is 3.58. The Kier molecular flexibility index (Phi) is 2.59. The zero-order chi connectivity index (χ0) is 5.70. The molecule has 0 spiro atoms. The van der Waals surface area contributed by atoms with Gasteiger partial charge in [-0.25, -0.2) is 4.99 Å². The fraction of sp³-hybridized carbons (Fsp3) is 0. The smallest absolute Gasteiger partial charge is 0.145 e. The van der Waals surface area contributed by atoms with Gasteiger partial charge in [-0.1, -0.05) is 0 Å². The molecule has 3 N–H and O–H groups in total. The predicted molar refractivity (Wildman–Crippen MR) is 30.6 cm³/mol. The Morgan fingerprint density at radius 2 is 2.43 bits per heavy atom. The summed E-state index contributed by atoms with van der Waals surface area (Å²) in [6.45, 7) is 3.10. The lowest BCUT2D eigenvalue weighted by molar-refractivity contribution is 1.46. The van der Waals surface area contributed by atoms with Crippen molar-refractivity contribution < 1.29 is 0 Å². The van der Waals surface area contributed by atoms with Crippen molar-refractivity contribution in [1.82, 2.24) is 0 Å². The molecule has 0 aromatic rings. The molecule has 0 fully saturated rings. The number of rotatable bonds is 1. The molecule has 0 aromatic heterocycles. The maximum atomic E-state index is 6.74. The van der Waals surface area contributed by atoms with Gasteiger partial charge in [-0.05, 0) is 19.0 Å². The van der Waals surface area contributed by atoms with Gasteiger partial charge in [0, 0.05) is 0 Å². The molecule has 0 saturated carbocycles. The van der Waals surface area contributed by atoms with Crippen molar-refractivity contribution in [3.05, 3.63) is 12.3 Å². The topological polar surface area (TPSA) is 62.2 Å². The molecule has 0 radical (unpaired) electrons. The van der Waals surface area contributed by atoms with Crippen molar-refractivity contribution >= 4 is 12.6 Å². The summed E-state index contributed by atoms with van der Waals surface area (Å²) < 4.78 is 0. The number of hydrogen-bond acceptors (Lipinski definition) is 2. The molecule has 3 heteroatoms. The number of hydrogen-bond donors (Lipinski definition) is 2. The van der Waals surface area contributed by atoms with Crippen LogP contribution < -0.4 is 5.73 Å². The second-order valence-corrected chi connectivity index (χ2v) is 0.902. The largest absolute Gasteiger partial charge is 0.404 e. The van der Waals surface area contributed by atoms with Crippen molar-refractivity contribution in [3.8, 4) is 0 Å². The van der Waals surface area contributed by atoms with E-state index >= 15 is 0 Å². The molecular weight excluding hydrogens is 90.1 g/mol. The van der Waals surface area contributed by atoms with E-state index in [0.717, 1.165) is 0 Å². The third-order valence-corrected chi connectivity index (χ3v) is 0.424. The first-order valence-corrected chi connectivity index (χ1v) is 1.75. The van der Waals surface area contributed by atoms with E-state index in [9.17, 15) is 0 Å². The molecule has 0 bridgehead atoms. The van der Waals surface area contributed by atoms with Crippen LogP contribution in [-0.2, 0) is 0 Å². The van der Waals surface area contributed by atoms with Crippen LogP contribution in [0.2, 0.25) is 0 Å². The normalized spacial score (nSPS) is 9.14. The average molecular weight is 97.1 g/mol. The summed E-state index contributed by atoms with van der Waals surface area (Å²) in [5.74, 6) is 0.0856. The molecule has 0 atom stereocenters. The standard InChI is InChI=1S/C4H7N3/c1-7-4(6)2-3-5/h2-3,6H,1,5H2. The lowest BCUT2D eigenvalue weighted by Gasteiger charge is -1.77. The van der Waals surface area contributed by atoms with Crippen LogP contribution in [0.1, 0.15) is 0 Å². The zero-order valence-corrected chi connectivity index (χ0v) is 3.89. The molecule has 0 aliphatic carbocycles. The van der Waals surface area contributed by atoms with Crippen LogP contribution in [0.25, 0.3) is 0 Å². The molecular formula is C4H7N3. The quantitative estimate of drug-likeness (QED) is 0.354. The first kappa shape index (κ1) is 5.88. The van der Waals surface area contributed by atoms with Crippen molar-refractivity contribution in [2.24, 2.45) is 10.7 Å². The molecule has 38 valence electrons. The Hall–Kier alpha value is -1.12. The summed E-state index contributed by atoms with van der Waals surface area (Å²) in [6, 6.07) is 0. The Morgan fingerprint density at radius 1 is 1.86 bits per heavy atom. The highest BCUT2D eigenvalue weighted by Crippen LogP contribution is 1.71. The minimum Gasteiger partial charge on any atom is -0.404 e.